The minimum absolute atomic E-state index is 0.645. The molecule has 3 rings (SSSR count). The third-order valence-electron chi connectivity index (χ3n) is 5.29. The summed E-state index contributed by atoms with van der Waals surface area (Å²) in [5, 5.41) is 0. The number of benzene rings is 1. The van der Waals surface area contributed by atoms with Crippen LogP contribution in [0.2, 0.25) is 0 Å². The van der Waals surface area contributed by atoms with Crippen molar-refractivity contribution in [2.45, 2.75) is 45.0 Å². The van der Waals surface area contributed by atoms with Crippen LogP contribution in [0.15, 0.2) is 48.7 Å². The van der Waals surface area contributed by atoms with Crippen LogP contribution in [-0.4, -0.2) is 48.1 Å². The molecule has 2 heterocycles. The molecule has 1 saturated heterocycles. The van der Waals surface area contributed by atoms with E-state index in [2.05, 4.69) is 58.2 Å². The van der Waals surface area contributed by atoms with Crippen LogP contribution < -0.4 is 0 Å². The van der Waals surface area contributed by atoms with Gasteiger partial charge in [-0.2, -0.15) is 0 Å². The largest absolute Gasteiger partial charge is 0.380 e. The van der Waals surface area contributed by atoms with Crippen molar-refractivity contribution in [2.24, 2.45) is 0 Å². The molecule has 1 aromatic heterocycles. The zero-order chi connectivity index (χ0) is 18.2. The Balaban J connectivity index is 1.49. The van der Waals surface area contributed by atoms with Gasteiger partial charge in [0.2, 0.25) is 0 Å². The summed E-state index contributed by atoms with van der Waals surface area (Å²) in [6.07, 6.45) is 5.65. The number of aromatic nitrogens is 1. The molecule has 26 heavy (non-hydrogen) atoms. The van der Waals surface area contributed by atoms with E-state index in [0.29, 0.717) is 12.6 Å². The molecule has 1 aliphatic heterocycles. The smallest absolute Gasteiger partial charge is 0.0713 e. The predicted molar refractivity (Wildman–Crippen MR) is 106 cm³/mol. The Morgan fingerprint density at radius 2 is 1.88 bits per heavy atom. The third kappa shape index (κ3) is 5.63. The Morgan fingerprint density at radius 3 is 2.62 bits per heavy atom. The van der Waals surface area contributed by atoms with Gasteiger partial charge in [-0.25, -0.2) is 0 Å². The van der Waals surface area contributed by atoms with Crippen molar-refractivity contribution >= 4 is 0 Å². The molecule has 0 N–H and O–H groups in total. The van der Waals surface area contributed by atoms with Gasteiger partial charge in [0.05, 0.1) is 12.3 Å². The molecule has 0 unspecified atom stereocenters. The lowest BCUT2D eigenvalue weighted by molar-refractivity contribution is 0.185. The van der Waals surface area contributed by atoms with Gasteiger partial charge in [-0.1, -0.05) is 30.3 Å². The van der Waals surface area contributed by atoms with Gasteiger partial charge in [0.25, 0.3) is 0 Å². The lowest BCUT2D eigenvalue weighted by atomic mass is 10.1. The molecule has 1 aromatic carbocycles. The van der Waals surface area contributed by atoms with E-state index in [4.69, 9.17) is 4.74 Å². The molecular formula is C22H31N3O. The summed E-state index contributed by atoms with van der Waals surface area (Å²) in [7, 11) is 3.98. The van der Waals surface area contributed by atoms with Crippen molar-refractivity contribution in [2.75, 3.05) is 27.2 Å². The molecular weight excluding hydrogens is 322 g/mol. The van der Waals surface area contributed by atoms with Crippen LogP contribution in [0.4, 0.5) is 0 Å². The highest BCUT2D eigenvalue weighted by molar-refractivity contribution is 5.22. The first-order valence-electron chi connectivity index (χ1n) is 9.64. The van der Waals surface area contributed by atoms with E-state index < -0.39 is 0 Å². The van der Waals surface area contributed by atoms with E-state index in [0.717, 1.165) is 25.3 Å². The Bertz CT molecular complexity index is 644. The van der Waals surface area contributed by atoms with Crippen LogP contribution in [-0.2, 0) is 24.4 Å². The number of nitrogens with zero attached hydrogens (tertiary/aromatic N) is 3. The molecule has 0 saturated carbocycles. The van der Waals surface area contributed by atoms with Crippen LogP contribution in [0.5, 0.6) is 0 Å². The van der Waals surface area contributed by atoms with Gasteiger partial charge in [0.1, 0.15) is 0 Å². The van der Waals surface area contributed by atoms with Crippen molar-refractivity contribution in [3.63, 3.8) is 0 Å². The average Bonchev–Trinajstić information content (AvgIpc) is 2.90. The monoisotopic (exact) mass is 353 g/mol. The second-order valence-corrected chi connectivity index (χ2v) is 7.35. The van der Waals surface area contributed by atoms with Crippen LogP contribution in [0, 0.1) is 0 Å². The summed E-state index contributed by atoms with van der Waals surface area (Å²) in [6, 6.07) is 15.7. The fourth-order valence-corrected chi connectivity index (χ4v) is 3.78. The average molecular weight is 354 g/mol. The molecule has 1 fully saturated rings. The van der Waals surface area contributed by atoms with Crippen LogP contribution in [0.3, 0.4) is 0 Å². The highest BCUT2D eigenvalue weighted by Crippen LogP contribution is 2.19. The number of ether oxygens (including phenoxy) is 1. The maximum atomic E-state index is 5.19. The Kier molecular flexibility index (Phi) is 7.18. The Morgan fingerprint density at radius 1 is 1.08 bits per heavy atom. The molecule has 0 spiro atoms. The molecule has 140 valence electrons. The van der Waals surface area contributed by atoms with Gasteiger partial charge < -0.3 is 4.74 Å². The summed E-state index contributed by atoms with van der Waals surface area (Å²) >= 11 is 0. The molecule has 4 nitrogen and oxygen atoms in total. The predicted octanol–water partition coefficient (Wildman–Crippen LogP) is 3.71. The van der Waals surface area contributed by atoms with Crippen molar-refractivity contribution < 1.29 is 4.74 Å². The molecule has 2 aromatic rings. The second kappa shape index (κ2) is 9.81. The molecule has 0 bridgehead atoms. The standard InChI is InChI=1S/C22H31N3O/c1-24(17-21-6-3-4-13-23-21)22-7-5-14-25(15-12-22)16-19-8-10-20(11-9-19)18-26-2/h3-4,6,8-11,13,22H,5,7,12,14-18H2,1-2H3/t22-/m0/s1. The van der Waals surface area contributed by atoms with Crippen LogP contribution in [0.25, 0.3) is 0 Å². The SMILES string of the molecule is COCc1ccc(CN2CCC[C@H](N(C)Cc3ccccn3)CC2)cc1. The van der Waals surface area contributed by atoms with Crippen molar-refractivity contribution in [1.82, 2.24) is 14.8 Å². The Labute approximate surface area is 157 Å². The van der Waals surface area contributed by atoms with Gasteiger partial charge in [-0.05, 0) is 62.7 Å². The van der Waals surface area contributed by atoms with Gasteiger partial charge in [-0.15, -0.1) is 0 Å². The van der Waals surface area contributed by atoms with Gasteiger partial charge >= 0.3 is 0 Å². The van der Waals surface area contributed by atoms with Crippen LogP contribution >= 0.6 is 0 Å². The molecule has 1 atom stereocenters. The van der Waals surface area contributed by atoms with Gasteiger partial charge in [0.15, 0.2) is 0 Å². The molecule has 0 amide bonds. The number of likely N-dealkylation sites (tertiary alicyclic amines) is 1. The van der Waals surface area contributed by atoms with E-state index in [1.54, 1.807) is 7.11 Å². The van der Waals surface area contributed by atoms with Gasteiger partial charge in [-0.3, -0.25) is 14.8 Å². The first-order chi connectivity index (χ1) is 12.7. The lowest BCUT2D eigenvalue weighted by Gasteiger charge is -2.27. The van der Waals surface area contributed by atoms with E-state index >= 15 is 0 Å². The summed E-state index contributed by atoms with van der Waals surface area (Å²) < 4.78 is 5.19. The number of rotatable bonds is 7. The summed E-state index contributed by atoms with van der Waals surface area (Å²) in [5.41, 5.74) is 3.79. The summed E-state index contributed by atoms with van der Waals surface area (Å²) in [4.78, 5) is 9.54. The summed E-state index contributed by atoms with van der Waals surface area (Å²) in [5.74, 6) is 0. The van der Waals surface area contributed by atoms with E-state index in [1.807, 2.05) is 12.3 Å². The van der Waals surface area contributed by atoms with Gasteiger partial charge in [0, 0.05) is 32.4 Å². The fraction of sp³-hybridized carbons (Fsp3) is 0.500. The number of methoxy groups -OCH3 is 1. The van der Waals surface area contributed by atoms with E-state index in [-0.39, 0.29) is 0 Å². The first-order valence-corrected chi connectivity index (χ1v) is 9.64. The zero-order valence-electron chi connectivity index (χ0n) is 16.1. The maximum Gasteiger partial charge on any atom is 0.0713 e. The highest BCUT2D eigenvalue weighted by Gasteiger charge is 2.20. The molecule has 0 radical (unpaired) electrons. The number of hydrogen-bond acceptors (Lipinski definition) is 4. The van der Waals surface area contributed by atoms with Crippen molar-refractivity contribution in [3.05, 3.63) is 65.5 Å². The van der Waals surface area contributed by atoms with E-state index in [9.17, 15) is 0 Å². The van der Waals surface area contributed by atoms with Crippen LogP contribution in [0.1, 0.15) is 36.1 Å². The van der Waals surface area contributed by atoms with Crippen molar-refractivity contribution in [3.8, 4) is 0 Å². The fourth-order valence-electron chi connectivity index (χ4n) is 3.78. The third-order valence-corrected chi connectivity index (χ3v) is 5.29. The quantitative estimate of drug-likeness (QED) is 0.759. The second-order valence-electron chi connectivity index (χ2n) is 7.35. The topological polar surface area (TPSA) is 28.6 Å². The molecule has 4 heteroatoms. The molecule has 0 aliphatic carbocycles. The highest BCUT2D eigenvalue weighted by atomic mass is 16.5. The molecule has 1 aliphatic rings. The first kappa shape index (κ1) is 19.0. The zero-order valence-corrected chi connectivity index (χ0v) is 16.1. The minimum atomic E-state index is 0.645. The lowest BCUT2D eigenvalue weighted by Crippen LogP contribution is -2.32. The normalized spacial score (nSPS) is 18.8. The van der Waals surface area contributed by atoms with E-state index in [1.165, 1.54) is 36.9 Å². The Hall–Kier alpha value is -1.75. The number of pyridine rings is 1. The summed E-state index contributed by atoms with van der Waals surface area (Å²) in [6.45, 7) is 5.02. The number of hydrogen-bond donors (Lipinski definition) is 0. The minimum Gasteiger partial charge on any atom is -0.380 e. The van der Waals surface area contributed by atoms with Crippen molar-refractivity contribution in [1.29, 1.82) is 0 Å². The maximum absolute atomic E-state index is 5.19.